The largest absolute Gasteiger partial charge is 0.486 e. The molecular formula is C22H24N2O5S. The number of benzene rings is 2. The van der Waals surface area contributed by atoms with E-state index in [1.807, 2.05) is 48.5 Å². The lowest BCUT2D eigenvalue weighted by molar-refractivity contribution is -0.131. The molecule has 2 aromatic rings. The molecule has 1 fully saturated rings. The molecule has 2 heterocycles. The molecule has 2 aliphatic rings. The van der Waals surface area contributed by atoms with Gasteiger partial charge in [0.05, 0.1) is 6.42 Å². The quantitative estimate of drug-likeness (QED) is 0.729. The van der Waals surface area contributed by atoms with Crippen LogP contribution in [0.4, 0.5) is 0 Å². The first kappa shape index (κ1) is 20.4. The fourth-order valence-electron chi connectivity index (χ4n) is 3.49. The fourth-order valence-corrected chi connectivity index (χ4v) is 4.66. The number of ether oxygens (including phenoxy) is 2. The van der Waals surface area contributed by atoms with Crippen molar-refractivity contribution >= 4 is 22.0 Å². The van der Waals surface area contributed by atoms with Crippen LogP contribution in [0.1, 0.15) is 11.1 Å². The van der Waals surface area contributed by atoms with Crippen molar-refractivity contribution < 1.29 is 22.7 Å². The number of hydrogen-bond donors (Lipinski definition) is 0. The number of sulfonamides is 1. The molecule has 2 aliphatic heterocycles. The van der Waals surface area contributed by atoms with E-state index in [0.717, 1.165) is 11.1 Å². The third-order valence-electron chi connectivity index (χ3n) is 5.15. The molecule has 0 aliphatic carbocycles. The Balaban J connectivity index is 1.32. The minimum atomic E-state index is -3.52. The van der Waals surface area contributed by atoms with Gasteiger partial charge in [0.1, 0.15) is 13.2 Å². The van der Waals surface area contributed by atoms with Crippen LogP contribution in [0.25, 0.3) is 6.08 Å². The highest BCUT2D eigenvalue weighted by molar-refractivity contribution is 7.92. The van der Waals surface area contributed by atoms with Gasteiger partial charge in [-0.05, 0) is 29.3 Å². The van der Waals surface area contributed by atoms with Crippen LogP contribution in [-0.4, -0.2) is 62.9 Å². The van der Waals surface area contributed by atoms with Crippen LogP contribution < -0.4 is 9.47 Å². The first-order valence-corrected chi connectivity index (χ1v) is 11.4. The number of carbonyl (C=O) groups is 1. The molecule has 0 unspecified atom stereocenters. The molecule has 2 aromatic carbocycles. The van der Waals surface area contributed by atoms with Crippen LogP contribution in [0.5, 0.6) is 11.5 Å². The molecule has 0 N–H and O–H groups in total. The second kappa shape index (κ2) is 8.89. The Hall–Kier alpha value is -2.84. The van der Waals surface area contributed by atoms with Gasteiger partial charge in [0.2, 0.25) is 15.9 Å². The number of amides is 1. The Morgan fingerprint density at radius 1 is 0.933 bits per heavy atom. The Bertz CT molecular complexity index is 1030. The molecule has 7 nitrogen and oxygen atoms in total. The lowest BCUT2D eigenvalue weighted by Gasteiger charge is -2.33. The van der Waals surface area contributed by atoms with Gasteiger partial charge in [-0.2, -0.15) is 4.31 Å². The molecular weight excluding hydrogens is 404 g/mol. The van der Waals surface area contributed by atoms with Crippen molar-refractivity contribution in [2.75, 3.05) is 39.4 Å². The third kappa shape index (κ3) is 4.83. The zero-order valence-corrected chi connectivity index (χ0v) is 17.4. The summed E-state index contributed by atoms with van der Waals surface area (Å²) in [6, 6.07) is 14.8. The SMILES string of the molecule is O=C(Cc1ccc2c(c1)OCCO2)N1CCN(S(=O)(=O)C=Cc2ccccc2)CC1. The average molecular weight is 429 g/mol. The first-order chi connectivity index (χ1) is 14.5. The van der Waals surface area contributed by atoms with E-state index in [1.165, 1.54) is 9.71 Å². The van der Waals surface area contributed by atoms with E-state index in [1.54, 1.807) is 11.0 Å². The molecule has 0 bridgehead atoms. The van der Waals surface area contributed by atoms with Crippen molar-refractivity contribution in [3.8, 4) is 11.5 Å². The zero-order chi connectivity index (χ0) is 21.0. The van der Waals surface area contributed by atoms with E-state index in [9.17, 15) is 13.2 Å². The molecule has 4 rings (SSSR count). The van der Waals surface area contributed by atoms with Crippen molar-refractivity contribution in [1.29, 1.82) is 0 Å². The van der Waals surface area contributed by atoms with Crippen molar-refractivity contribution in [2.24, 2.45) is 0 Å². The van der Waals surface area contributed by atoms with E-state index in [0.29, 0.717) is 37.8 Å². The smallest absolute Gasteiger partial charge is 0.236 e. The molecule has 1 saturated heterocycles. The van der Waals surface area contributed by atoms with Gasteiger partial charge in [-0.3, -0.25) is 4.79 Å². The second-order valence-corrected chi connectivity index (χ2v) is 9.01. The van der Waals surface area contributed by atoms with Gasteiger partial charge in [-0.15, -0.1) is 0 Å². The molecule has 1 amide bonds. The maximum atomic E-state index is 12.7. The Kier molecular flexibility index (Phi) is 6.06. The summed E-state index contributed by atoms with van der Waals surface area (Å²) in [7, 11) is -3.52. The predicted molar refractivity (Wildman–Crippen MR) is 114 cm³/mol. The van der Waals surface area contributed by atoms with E-state index in [2.05, 4.69) is 0 Å². The lowest BCUT2D eigenvalue weighted by atomic mass is 10.1. The number of hydrogen-bond acceptors (Lipinski definition) is 5. The molecule has 0 atom stereocenters. The van der Waals surface area contributed by atoms with Crippen molar-refractivity contribution in [2.45, 2.75) is 6.42 Å². The summed E-state index contributed by atoms with van der Waals surface area (Å²) >= 11 is 0. The Morgan fingerprint density at radius 2 is 1.63 bits per heavy atom. The number of rotatable bonds is 5. The molecule has 0 spiro atoms. The summed E-state index contributed by atoms with van der Waals surface area (Å²) in [4.78, 5) is 14.4. The maximum Gasteiger partial charge on any atom is 0.236 e. The summed E-state index contributed by atoms with van der Waals surface area (Å²) < 4.78 is 37.6. The summed E-state index contributed by atoms with van der Waals surface area (Å²) in [5.74, 6) is 1.33. The van der Waals surface area contributed by atoms with Crippen molar-refractivity contribution in [3.05, 3.63) is 65.1 Å². The molecule has 0 saturated carbocycles. The number of nitrogens with zero attached hydrogens (tertiary/aromatic N) is 2. The van der Waals surface area contributed by atoms with Gasteiger partial charge < -0.3 is 14.4 Å². The maximum absolute atomic E-state index is 12.7. The standard InChI is InChI=1S/C22H24N2O5S/c25-22(17-19-6-7-20-21(16-19)29-14-13-28-20)23-9-11-24(12-10-23)30(26,27)15-8-18-4-2-1-3-5-18/h1-8,15-16H,9-14,17H2. The zero-order valence-electron chi connectivity index (χ0n) is 16.6. The molecule has 8 heteroatoms. The van der Waals surface area contributed by atoms with Crippen LogP contribution in [-0.2, 0) is 21.2 Å². The van der Waals surface area contributed by atoms with Crippen molar-refractivity contribution in [3.63, 3.8) is 0 Å². The monoisotopic (exact) mass is 428 g/mol. The van der Waals surface area contributed by atoms with E-state index >= 15 is 0 Å². The number of piperazine rings is 1. The van der Waals surface area contributed by atoms with Gasteiger partial charge in [0.15, 0.2) is 11.5 Å². The van der Waals surface area contributed by atoms with Gasteiger partial charge in [-0.25, -0.2) is 8.42 Å². The average Bonchev–Trinajstić information content (AvgIpc) is 2.78. The van der Waals surface area contributed by atoms with Crippen LogP contribution >= 0.6 is 0 Å². The Labute approximate surface area is 176 Å². The predicted octanol–water partition coefficient (Wildman–Crippen LogP) is 2.15. The van der Waals surface area contributed by atoms with Gasteiger partial charge in [0, 0.05) is 31.6 Å². The van der Waals surface area contributed by atoms with Crippen LogP contribution in [0.3, 0.4) is 0 Å². The normalized spacial score (nSPS) is 17.3. The minimum Gasteiger partial charge on any atom is -0.486 e. The molecule has 0 aromatic heterocycles. The number of carbonyl (C=O) groups excluding carboxylic acids is 1. The third-order valence-corrected chi connectivity index (χ3v) is 6.71. The van der Waals surface area contributed by atoms with E-state index in [-0.39, 0.29) is 25.4 Å². The minimum absolute atomic E-state index is 0.0245. The van der Waals surface area contributed by atoms with Gasteiger partial charge in [0.25, 0.3) is 0 Å². The highest BCUT2D eigenvalue weighted by Gasteiger charge is 2.27. The van der Waals surface area contributed by atoms with Crippen molar-refractivity contribution in [1.82, 2.24) is 9.21 Å². The Morgan fingerprint density at radius 3 is 2.37 bits per heavy atom. The van der Waals surface area contributed by atoms with Crippen LogP contribution in [0.15, 0.2) is 53.9 Å². The highest BCUT2D eigenvalue weighted by Crippen LogP contribution is 2.31. The highest BCUT2D eigenvalue weighted by atomic mass is 32.2. The first-order valence-electron chi connectivity index (χ1n) is 9.91. The van der Waals surface area contributed by atoms with Gasteiger partial charge in [-0.1, -0.05) is 36.4 Å². The number of fused-ring (bicyclic) bond motifs is 1. The summed E-state index contributed by atoms with van der Waals surface area (Å²) in [5.41, 5.74) is 1.68. The molecule has 158 valence electrons. The lowest BCUT2D eigenvalue weighted by Crippen LogP contribution is -2.50. The fraction of sp³-hybridized carbons (Fsp3) is 0.318. The van der Waals surface area contributed by atoms with Gasteiger partial charge >= 0.3 is 0 Å². The summed E-state index contributed by atoms with van der Waals surface area (Å²) in [5, 5.41) is 1.23. The van der Waals surface area contributed by atoms with E-state index in [4.69, 9.17) is 9.47 Å². The topological polar surface area (TPSA) is 76.2 Å². The molecule has 30 heavy (non-hydrogen) atoms. The summed E-state index contributed by atoms with van der Waals surface area (Å²) in [6.07, 6.45) is 1.84. The van der Waals surface area contributed by atoms with Crippen LogP contribution in [0.2, 0.25) is 0 Å². The second-order valence-electron chi connectivity index (χ2n) is 7.19. The molecule has 0 radical (unpaired) electrons. The summed E-state index contributed by atoms with van der Waals surface area (Å²) in [6.45, 7) is 2.35. The van der Waals surface area contributed by atoms with E-state index < -0.39 is 10.0 Å². The van der Waals surface area contributed by atoms with Crippen LogP contribution in [0, 0.1) is 0 Å².